The van der Waals surface area contributed by atoms with E-state index in [0.717, 1.165) is 37.9 Å². The number of ether oxygens (including phenoxy) is 1. The number of carbonyl (C=O) groups excluding carboxylic acids is 2. The number of methoxy groups -OCH3 is 1. The van der Waals surface area contributed by atoms with Crippen LogP contribution in [0.25, 0.3) is 0 Å². The van der Waals surface area contributed by atoms with Crippen molar-refractivity contribution in [3.8, 4) is 5.75 Å². The van der Waals surface area contributed by atoms with Crippen LogP contribution in [-0.2, 0) is 11.0 Å². The highest BCUT2D eigenvalue weighted by atomic mass is 19.4. The first-order chi connectivity index (χ1) is 17.6. The topological polar surface area (TPSA) is 65.1 Å². The molecule has 0 bridgehead atoms. The van der Waals surface area contributed by atoms with Gasteiger partial charge in [-0.25, -0.2) is 4.39 Å². The zero-order valence-electron chi connectivity index (χ0n) is 20.5. The Morgan fingerprint density at radius 3 is 2.27 bits per heavy atom. The van der Waals surface area contributed by atoms with Crippen molar-refractivity contribution >= 4 is 23.2 Å². The fourth-order valence-electron chi connectivity index (χ4n) is 5.40. The van der Waals surface area contributed by atoms with Crippen LogP contribution < -0.4 is 15.0 Å². The Morgan fingerprint density at radius 2 is 1.68 bits per heavy atom. The molecule has 37 heavy (non-hydrogen) atoms. The van der Waals surface area contributed by atoms with E-state index >= 15 is 0 Å². The van der Waals surface area contributed by atoms with Crippen LogP contribution >= 0.6 is 0 Å². The lowest BCUT2D eigenvalue weighted by atomic mass is 10.1. The van der Waals surface area contributed by atoms with Crippen molar-refractivity contribution in [1.82, 2.24) is 9.80 Å². The maximum atomic E-state index is 13.9. The highest BCUT2D eigenvalue weighted by Gasteiger charge is 2.60. The summed E-state index contributed by atoms with van der Waals surface area (Å²) in [6, 6.07) is 7.90. The molecular formula is C26H28F4N4O3. The number of piperazine rings is 1. The predicted molar refractivity (Wildman–Crippen MR) is 129 cm³/mol. The number of rotatable bonds is 5. The molecule has 2 aromatic carbocycles. The third-order valence-electron chi connectivity index (χ3n) is 7.62. The molecule has 1 saturated carbocycles. The van der Waals surface area contributed by atoms with Crippen LogP contribution in [0.15, 0.2) is 36.4 Å². The van der Waals surface area contributed by atoms with E-state index in [1.165, 1.54) is 4.90 Å². The van der Waals surface area contributed by atoms with Gasteiger partial charge in [-0.05, 0) is 49.2 Å². The molecule has 3 fully saturated rings. The number of nitrogens with zero attached hydrogens (tertiary/aromatic N) is 3. The van der Waals surface area contributed by atoms with E-state index in [-0.39, 0.29) is 29.2 Å². The molecule has 7 nitrogen and oxygen atoms in total. The number of amides is 2. The minimum absolute atomic E-state index is 0.0427. The molecule has 2 aromatic rings. The molecule has 11 heteroatoms. The van der Waals surface area contributed by atoms with E-state index in [1.807, 2.05) is 18.2 Å². The number of piperidine rings is 1. The van der Waals surface area contributed by atoms with E-state index in [4.69, 9.17) is 4.74 Å². The van der Waals surface area contributed by atoms with Crippen LogP contribution in [0.1, 0.15) is 15.9 Å². The molecule has 2 heterocycles. The molecule has 3 aliphatic rings. The van der Waals surface area contributed by atoms with Gasteiger partial charge in [0.15, 0.2) is 0 Å². The average Bonchev–Trinajstić information content (AvgIpc) is 3.37. The van der Waals surface area contributed by atoms with Crippen molar-refractivity contribution in [3.63, 3.8) is 0 Å². The Bertz CT molecular complexity index is 1200. The van der Waals surface area contributed by atoms with Crippen LogP contribution in [-0.4, -0.2) is 75.0 Å². The molecule has 1 aliphatic carbocycles. The van der Waals surface area contributed by atoms with Gasteiger partial charge in [0, 0.05) is 62.5 Å². The van der Waals surface area contributed by atoms with E-state index < -0.39 is 23.5 Å². The first-order valence-corrected chi connectivity index (χ1v) is 12.1. The number of alkyl halides is 3. The molecule has 3 atom stereocenters. The third-order valence-corrected chi connectivity index (χ3v) is 7.62. The van der Waals surface area contributed by atoms with Gasteiger partial charge in [-0.2, -0.15) is 13.2 Å². The SMILES string of the molecule is COc1cc(N2CCN(C)CC2)ccc1NC(=O)C1[C@H]2CN(C(=O)c3ccc(C(F)(F)F)c(F)c3)C[C@@H]12. The summed E-state index contributed by atoms with van der Waals surface area (Å²) in [4.78, 5) is 31.7. The molecule has 2 amide bonds. The first-order valence-electron chi connectivity index (χ1n) is 12.1. The lowest BCUT2D eigenvalue weighted by Crippen LogP contribution is -2.44. The molecule has 0 radical (unpaired) electrons. The molecule has 2 aliphatic heterocycles. The number of nitrogens with one attached hydrogen (secondary N) is 1. The van der Waals surface area contributed by atoms with Gasteiger partial charge < -0.3 is 24.8 Å². The van der Waals surface area contributed by atoms with Crippen molar-refractivity contribution in [2.24, 2.45) is 17.8 Å². The number of hydrogen-bond acceptors (Lipinski definition) is 5. The lowest BCUT2D eigenvalue weighted by Gasteiger charge is -2.34. The number of likely N-dealkylation sites (tertiary alicyclic amines) is 1. The minimum Gasteiger partial charge on any atom is -0.494 e. The van der Waals surface area contributed by atoms with Gasteiger partial charge in [0.1, 0.15) is 11.6 Å². The van der Waals surface area contributed by atoms with E-state index in [2.05, 4.69) is 22.2 Å². The summed E-state index contributed by atoms with van der Waals surface area (Å²) < 4.78 is 57.8. The van der Waals surface area contributed by atoms with Crippen molar-refractivity contribution in [2.75, 3.05) is 63.6 Å². The van der Waals surface area contributed by atoms with Crippen LogP contribution in [0.5, 0.6) is 5.75 Å². The fraction of sp³-hybridized carbons (Fsp3) is 0.462. The van der Waals surface area contributed by atoms with Crippen molar-refractivity contribution in [3.05, 3.63) is 53.3 Å². The van der Waals surface area contributed by atoms with E-state index in [1.54, 1.807) is 7.11 Å². The second-order valence-corrected chi connectivity index (χ2v) is 9.92. The lowest BCUT2D eigenvalue weighted by molar-refractivity contribution is -0.140. The van der Waals surface area contributed by atoms with E-state index in [9.17, 15) is 27.2 Å². The first kappa shape index (κ1) is 25.3. The Kier molecular flexibility index (Phi) is 6.51. The Labute approximate surface area is 212 Å². The number of fused-ring (bicyclic) bond motifs is 1. The average molecular weight is 521 g/mol. The van der Waals surface area contributed by atoms with Crippen LogP contribution in [0, 0.1) is 23.6 Å². The monoisotopic (exact) mass is 520 g/mol. The largest absolute Gasteiger partial charge is 0.494 e. The van der Waals surface area contributed by atoms with Crippen LogP contribution in [0.2, 0.25) is 0 Å². The van der Waals surface area contributed by atoms with Gasteiger partial charge in [0.25, 0.3) is 5.91 Å². The van der Waals surface area contributed by atoms with Gasteiger partial charge >= 0.3 is 6.18 Å². The normalized spacial score (nSPS) is 23.6. The number of carbonyl (C=O) groups is 2. The second kappa shape index (κ2) is 9.51. The van der Waals surface area contributed by atoms with Gasteiger partial charge in [-0.1, -0.05) is 0 Å². The van der Waals surface area contributed by atoms with Crippen molar-refractivity contribution in [1.29, 1.82) is 0 Å². The van der Waals surface area contributed by atoms with Gasteiger partial charge in [0.05, 0.1) is 18.4 Å². The standard InChI is InChI=1S/C26H28F4N4O3/c1-32-7-9-33(10-8-32)16-4-6-21(22(12-16)37-2)31-24(35)23-17-13-34(14-18(17)23)25(36)15-3-5-19(20(27)11-15)26(28,29)30/h3-6,11-12,17-18,23H,7-10,13-14H2,1-2H3,(H,31,35)/t17-,18+,23?. The highest BCUT2D eigenvalue weighted by Crippen LogP contribution is 2.52. The maximum absolute atomic E-state index is 13.9. The zero-order valence-corrected chi connectivity index (χ0v) is 20.5. The summed E-state index contributed by atoms with van der Waals surface area (Å²) in [5.74, 6) is -1.97. The van der Waals surface area contributed by atoms with Crippen LogP contribution in [0.4, 0.5) is 28.9 Å². The minimum atomic E-state index is -4.82. The van der Waals surface area contributed by atoms with Gasteiger partial charge in [-0.15, -0.1) is 0 Å². The predicted octanol–water partition coefficient (Wildman–Crippen LogP) is 3.56. The smallest absolute Gasteiger partial charge is 0.419 e. The maximum Gasteiger partial charge on any atom is 0.419 e. The number of halogens is 4. The number of anilines is 2. The molecule has 198 valence electrons. The molecule has 2 saturated heterocycles. The molecule has 1 N–H and O–H groups in total. The van der Waals surface area contributed by atoms with E-state index in [0.29, 0.717) is 36.7 Å². The Morgan fingerprint density at radius 1 is 1.00 bits per heavy atom. The molecular weight excluding hydrogens is 492 g/mol. The number of hydrogen-bond donors (Lipinski definition) is 1. The third kappa shape index (κ3) is 4.96. The fourth-order valence-corrected chi connectivity index (χ4v) is 5.40. The summed E-state index contributed by atoms with van der Waals surface area (Å²) in [6.07, 6.45) is -4.82. The van der Waals surface area contributed by atoms with Gasteiger partial charge in [0.2, 0.25) is 5.91 Å². The molecule has 0 aromatic heterocycles. The number of benzene rings is 2. The summed E-state index contributed by atoms with van der Waals surface area (Å²) in [5, 5.41) is 2.94. The summed E-state index contributed by atoms with van der Waals surface area (Å²) in [6.45, 7) is 4.35. The molecule has 0 spiro atoms. The molecule has 1 unspecified atom stereocenters. The summed E-state index contributed by atoms with van der Waals surface area (Å²) in [7, 11) is 3.64. The second-order valence-electron chi connectivity index (χ2n) is 9.92. The zero-order chi connectivity index (χ0) is 26.5. The highest BCUT2D eigenvalue weighted by molar-refractivity contribution is 5.98. The number of likely N-dealkylation sites (N-methyl/N-ethyl adjacent to an activating group) is 1. The van der Waals surface area contributed by atoms with Crippen LogP contribution in [0.3, 0.4) is 0 Å². The van der Waals surface area contributed by atoms with Crippen molar-refractivity contribution in [2.45, 2.75) is 6.18 Å². The quantitative estimate of drug-likeness (QED) is 0.611. The van der Waals surface area contributed by atoms with Gasteiger partial charge in [-0.3, -0.25) is 9.59 Å². The Hall–Kier alpha value is -3.34. The molecule has 5 rings (SSSR count). The Balaban J connectivity index is 1.18. The summed E-state index contributed by atoms with van der Waals surface area (Å²) in [5.41, 5.74) is 0.0543. The summed E-state index contributed by atoms with van der Waals surface area (Å²) >= 11 is 0. The van der Waals surface area contributed by atoms with Crippen molar-refractivity contribution < 1.29 is 31.9 Å².